The van der Waals surface area contributed by atoms with Gasteiger partial charge >= 0.3 is 0 Å². The summed E-state index contributed by atoms with van der Waals surface area (Å²) in [6, 6.07) is 11.4. The fourth-order valence-corrected chi connectivity index (χ4v) is 2.19. The van der Waals surface area contributed by atoms with Crippen molar-refractivity contribution in [3.05, 3.63) is 52.9 Å². The maximum atomic E-state index is 12.5. The van der Waals surface area contributed by atoms with E-state index in [0.717, 1.165) is 10.9 Å². The van der Waals surface area contributed by atoms with Gasteiger partial charge in [-0.15, -0.1) is 0 Å². The molecule has 0 amide bonds. The van der Waals surface area contributed by atoms with E-state index in [1.54, 1.807) is 24.9 Å². The van der Waals surface area contributed by atoms with Crippen LogP contribution < -0.4 is 10.9 Å². The van der Waals surface area contributed by atoms with Gasteiger partial charge in [0, 0.05) is 31.2 Å². The minimum absolute atomic E-state index is 0.0653. The summed E-state index contributed by atoms with van der Waals surface area (Å²) in [7, 11) is 3.47. The molecule has 0 aliphatic rings. The van der Waals surface area contributed by atoms with Gasteiger partial charge in [-0.25, -0.2) is 4.98 Å². The number of aromatic nitrogens is 3. The van der Waals surface area contributed by atoms with E-state index < -0.39 is 0 Å². The maximum Gasteiger partial charge on any atom is 0.259 e. The molecule has 1 N–H and O–H groups in total. The monoisotopic (exact) mass is 266 g/mol. The molecule has 0 unspecified atom stereocenters. The van der Waals surface area contributed by atoms with Gasteiger partial charge in [0.25, 0.3) is 5.56 Å². The third-order valence-corrected chi connectivity index (χ3v) is 3.26. The molecule has 0 saturated heterocycles. The Hall–Kier alpha value is -2.69. The maximum absolute atomic E-state index is 12.5. The van der Waals surface area contributed by atoms with Gasteiger partial charge in [0.15, 0.2) is 0 Å². The fraction of sp³-hybridized carbons (Fsp3) is 0.133. The molecule has 5 nitrogen and oxygen atoms in total. The molecule has 2 aromatic heterocycles. The van der Waals surface area contributed by atoms with Crippen molar-refractivity contribution in [1.82, 2.24) is 14.5 Å². The lowest BCUT2D eigenvalue weighted by molar-refractivity contribution is 0.886. The molecule has 20 heavy (non-hydrogen) atoms. The Kier molecular flexibility index (Phi) is 2.95. The van der Waals surface area contributed by atoms with E-state index in [2.05, 4.69) is 15.3 Å². The average Bonchev–Trinajstić information content (AvgIpc) is 2.51. The number of hydrogen-bond donors (Lipinski definition) is 1. The number of pyridine rings is 1. The first-order chi connectivity index (χ1) is 9.70. The zero-order valence-electron chi connectivity index (χ0n) is 11.3. The van der Waals surface area contributed by atoms with Gasteiger partial charge in [-0.1, -0.05) is 30.3 Å². The normalized spacial score (nSPS) is 10.7. The Morgan fingerprint density at radius 2 is 1.95 bits per heavy atom. The number of nitrogens with one attached hydrogen (secondary N) is 1. The highest BCUT2D eigenvalue weighted by Crippen LogP contribution is 2.19. The van der Waals surface area contributed by atoms with E-state index in [1.807, 2.05) is 36.4 Å². The molecular weight excluding hydrogens is 252 g/mol. The van der Waals surface area contributed by atoms with Crippen LogP contribution in [0, 0.1) is 0 Å². The number of nitrogens with zero attached hydrogens (tertiary/aromatic N) is 3. The summed E-state index contributed by atoms with van der Waals surface area (Å²) >= 11 is 0. The van der Waals surface area contributed by atoms with E-state index in [1.165, 1.54) is 0 Å². The highest BCUT2D eigenvalue weighted by atomic mass is 16.1. The molecule has 0 fully saturated rings. The summed E-state index contributed by atoms with van der Waals surface area (Å²) in [5, 5.41) is 3.71. The smallest absolute Gasteiger partial charge is 0.259 e. The van der Waals surface area contributed by atoms with Gasteiger partial charge in [0.05, 0.1) is 0 Å². The van der Waals surface area contributed by atoms with E-state index in [-0.39, 0.29) is 5.56 Å². The van der Waals surface area contributed by atoms with Crippen LogP contribution in [0.5, 0.6) is 0 Å². The number of benzene rings is 1. The van der Waals surface area contributed by atoms with Crippen molar-refractivity contribution in [3.63, 3.8) is 0 Å². The van der Waals surface area contributed by atoms with Crippen LogP contribution >= 0.6 is 0 Å². The first-order valence-corrected chi connectivity index (χ1v) is 6.30. The third kappa shape index (κ3) is 1.93. The summed E-state index contributed by atoms with van der Waals surface area (Å²) in [6.07, 6.45) is 1.72. The Bertz CT molecular complexity index is 824. The summed E-state index contributed by atoms with van der Waals surface area (Å²) in [4.78, 5) is 21.0. The van der Waals surface area contributed by atoms with Crippen LogP contribution in [0.2, 0.25) is 0 Å². The molecule has 0 bridgehead atoms. The summed E-state index contributed by atoms with van der Waals surface area (Å²) in [5.41, 5.74) is 2.10. The van der Waals surface area contributed by atoms with Crippen LogP contribution in [0.15, 0.2) is 47.4 Å². The van der Waals surface area contributed by atoms with Crippen molar-refractivity contribution < 1.29 is 0 Å². The molecule has 100 valence electrons. The Morgan fingerprint density at radius 3 is 2.65 bits per heavy atom. The van der Waals surface area contributed by atoms with Gasteiger partial charge < -0.3 is 5.32 Å². The van der Waals surface area contributed by atoms with Crippen molar-refractivity contribution in [2.75, 3.05) is 12.4 Å². The predicted molar refractivity (Wildman–Crippen MR) is 79.8 cm³/mol. The van der Waals surface area contributed by atoms with Crippen molar-refractivity contribution in [1.29, 1.82) is 0 Å². The first kappa shape index (κ1) is 12.3. The summed E-state index contributed by atoms with van der Waals surface area (Å²) in [6.45, 7) is 0. The quantitative estimate of drug-likeness (QED) is 0.771. The number of aryl methyl sites for hydroxylation is 1. The highest BCUT2D eigenvalue weighted by molar-refractivity contribution is 5.81. The first-order valence-electron chi connectivity index (χ1n) is 6.30. The van der Waals surface area contributed by atoms with E-state index in [4.69, 9.17) is 0 Å². The van der Waals surface area contributed by atoms with Gasteiger partial charge in [-0.05, 0) is 11.6 Å². The van der Waals surface area contributed by atoms with Gasteiger partial charge in [-0.3, -0.25) is 9.36 Å². The summed E-state index contributed by atoms with van der Waals surface area (Å²) in [5.74, 6) is 0.500. The largest absolute Gasteiger partial charge is 0.357 e. The molecule has 3 aromatic rings. The van der Waals surface area contributed by atoms with Gasteiger partial charge in [0.2, 0.25) is 5.95 Å². The van der Waals surface area contributed by atoms with Crippen LogP contribution in [0.3, 0.4) is 0 Å². The van der Waals surface area contributed by atoms with Gasteiger partial charge in [0.1, 0.15) is 5.65 Å². The molecule has 0 atom stereocenters. The highest BCUT2D eigenvalue weighted by Gasteiger charge is 2.10. The van der Waals surface area contributed by atoms with Crippen LogP contribution in [0.4, 0.5) is 5.95 Å². The lowest BCUT2D eigenvalue weighted by atomic mass is 10.1. The van der Waals surface area contributed by atoms with Crippen molar-refractivity contribution in [2.45, 2.75) is 0 Å². The van der Waals surface area contributed by atoms with Crippen LogP contribution in [-0.4, -0.2) is 21.6 Å². The van der Waals surface area contributed by atoms with E-state index in [9.17, 15) is 4.79 Å². The standard InChI is InChI=1S/C15H14N4O/c1-16-15-17-9-11-8-12(10-6-4-3-5-7-10)14(20)19(2)13(11)18-15/h3-9H,1-2H3,(H,16,17,18). The zero-order valence-corrected chi connectivity index (χ0v) is 11.3. The number of fused-ring (bicyclic) bond motifs is 1. The molecule has 0 saturated carbocycles. The lowest BCUT2D eigenvalue weighted by Gasteiger charge is -2.09. The zero-order chi connectivity index (χ0) is 14.1. The number of rotatable bonds is 2. The number of anilines is 1. The molecule has 0 aliphatic carbocycles. The topological polar surface area (TPSA) is 59.8 Å². The molecule has 0 radical (unpaired) electrons. The molecule has 0 spiro atoms. The van der Waals surface area contributed by atoms with Gasteiger partial charge in [-0.2, -0.15) is 4.98 Å². The van der Waals surface area contributed by atoms with Crippen molar-refractivity contribution in [3.8, 4) is 11.1 Å². The second-order valence-corrected chi connectivity index (χ2v) is 4.51. The second kappa shape index (κ2) is 4.77. The Labute approximate surface area is 115 Å². The Morgan fingerprint density at radius 1 is 1.20 bits per heavy atom. The minimum Gasteiger partial charge on any atom is -0.357 e. The predicted octanol–water partition coefficient (Wildman–Crippen LogP) is 2.04. The van der Waals surface area contributed by atoms with E-state index in [0.29, 0.717) is 17.2 Å². The lowest BCUT2D eigenvalue weighted by Crippen LogP contribution is -2.20. The molecule has 3 rings (SSSR count). The third-order valence-electron chi connectivity index (χ3n) is 3.26. The fourth-order valence-electron chi connectivity index (χ4n) is 2.19. The van der Waals surface area contributed by atoms with E-state index >= 15 is 0 Å². The molecular formula is C15H14N4O. The minimum atomic E-state index is -0.0653. The van der Waals surface area contributed by atoms with Crippen molar-refractivity contribution in [2.24, 2.45) is 7.05 Å². The van der Waals surface area contributed by atoms with Crippen LogP contribution in [-0.2, 0) is 7.05 Å². The molecule has 5 heteroatoms. The Balaban J connectivity index is 2.32. The SMILES string of the molecule is CNc1ncc2cc(-c3ccccc3)c(=O)n(C)c2n1. The number of hydrogen-bond acceptors (Lipinski definition) is 4. The van der Waals surface area contributed by atoms with Crippen LogP contribution in [0.25, 0.3) is 22.2 Å². The summed E-state index contributed by atoms with van der Waals surface area (Å²) < 4.78 is 1.56. The second-order valence-electron chi connectivity index (χ2n) is 4.51. The average molecular weight is 266 g/mol. The molecule has 0 aliphatic heterocycles. The molecule has 1 aromatic carbocycles. The van der Waals surface area contributed by atoms with Crippen molar-refractivity contribution >= 4 is 17.0 Å². The van der Waals surface area contributed by atoms with Crippen LogP contribution in [0.1, 0.15) is 0 Å². The molecule has 2 heterocycles.